The van der Waals surface area contributed by atoms with Crippen molar-refractivity contribution in [2.45, 2.75) is 39.0 Å². The molecule has 0 saturated heterocycles. The second kappa shape index (κ2) is 6.46. The van der Waals surface area contributed by atoms with E-state index in [2.05, 4.69) is 23.0 Å². The summed E-state index contributed by atoms with van der Waals surface area (Å²) < 4.78 is 0. The first-order chi connectivity index (χ1) is 6.43. The number of H-pyrrole nitrogens is 1. The first kappa shape index (κ1) is 10.0. The lowest BCUT2D eigenvalue weighted by Gasteiger charge is -1.93. The van der Waals surface area contributed by atoms with Crippen LogP contribution in [0.3, 0.4) is 0 Å². The van der Waals surface area contributed by atoms with Crippen LogP contribution < -0.4 is 0 Å². The van der Waals surface area contributed by atoms with Crippen LogP contribution in [0.25, 0.3) is 6.08 Å². The van der Waals surface area contributed by atoms with Crippen LogP contribution in [-0.2, 0) is 0 Å². The molecule has 0 saturated carbocycles. The number of rotatable bonds is 6. The summed E-state index contributed by atoms with van der Waals surface area (Å²) in [5, 5.41) is 0. The first-order valence-corrected chi connectivity index (χ1v) is 5.09. The minimum absolute atomic E-state index is 0.954. The second-order valence-electron chi connectivity index (χ2n) is 3.23. The molecule has 72 valence electrons. The summed E-state index contributed by atoms with van der Waals surface area (Å²) >= 11 is 0. The number of hydrogen-bond donors (Lipinski definition) is 1. The minimum Gasteiger partial charge on any atom is -0.345 e. The third kappa shape index (κ3) is 4.51. The number of imidazole rings is 1. The summed E-state index contributed by atoms with van der Waals surface area (Å²) in [5.41, 5.74) is 0. The summed E-state index contributed by atoms with van der Waals surface area (Å²) in [4.78, 5) is 7.15. The number of aromatic amines is 1. The Labute approximate surface area is 80.1 Å². The van der Waals surface area contributed by atoms with E-state index in [1.54, 1.807) is 6.20 Å². The Kier molecular flexibility index (Phi) is 4.99. The molecule has 0 aliphatic carbocycles. The zero-order valence-corrected chi connectivity index (χ0v) is 8.29. The predicted octanol–water partition coefficient (Wildman–Crippen LogP) is 3.39. The summed E-state index contributed by atoms with van der Waals surface area (Å²) in [7, 11) is 0. The molecule has 0 aromatic carbocycles. The molecule has 0 radical (unpaired) electrons. The van der Waals surface area contributed by atoms with Crippen molar-refractivity contribution in [3.8, 4) is 0 Å². The Balaban J connectivity index is 2.05. The van der Waals surface area contributed by atoms with Gasteiger partial charge in [0.25, 0.3) is 0 Å². The molecular weight excluding hydrogens is 160 g/mol. The van der Waals surface area contributed by atoms with Crippen LogP contribution in [0, 0.1) is 0 Å². The van der Waals surface area contributed by atoms with Gasteiger partial charge >= 0.3 is 0 Å². The quantitative estimate of drug-likeness (QED) is 0.664. The number of hydrogen-bond acceptors (Lipinski definition) is 1. The van der Waals surface area contributed by atoms with Crippen LogP contribution in [0.4, 0.5) is 0 Å². The fourth-order valence-electron chi connectivity index (χ4n) is 1.25. The van der Waals surface area contributed by atoms with E-state index in [0.29, 0.717) is 0 Å². The maximum absolute atomic E-state index is 4.11. The smallest absolute Gasteiger partial charge is 0.129 e. The van der Waals surface area contributed by atoms with Gasteiger partial charge in [-0.15, -0.1) is 0 Å². The summed E-state index contributed by atoms with van der Waals surface area (Å²) in [5.74, 6) is 0.954. The predicted molar refractivity (Wildman–Crippen MR) is 56.4 cm³/mol. The van der Waals surface area contributed by atoms with Crippen molar-refractivity contribution in [2.24, 2.45) is 0 Å². The Morgan fingerprint density at radius 1 is 1.38 bits per heavy atom. The monoisotopic (exact) mass is 178 g/mol. The highest BCUT2D eigenvalue weighted by atomic mass is 14.9. The Hall–Kier alpha value is -1.05. The van der Waals surface area contributed by atoms with Gasteiger partial charge in [-0.2, -0.15) is 0 Å². The Morgan fingerprint density at radius 3 is 3.00 bits per heavy atom. The fourth-order valence-corrected chi connectivity index (χ4v) is 1.25. The molecule has 1 aromatic heterocycles. The molecule has 2 heteroatoms. The van der Waals surface area contributed by atoms with Crippen molar-refractivity contribution in [3.05, 3.63) is 24.3 Å². The highest BCUT2D eigenvalue weighted by Crippen LogP contribution is 2.04. The maximum atomic E-state index is 4.11. The lowest BCUT2D eigenvalue weighted by Crippen LogP contribution is -1.75. The van der Waals surface area contributed by atoms with Crippen molar-refractivity contribution in [1.29, 1.82) is 0 Å². The molecule has 2 nitrogen and oxygen atoms in total. The molecule has 1 N–H and O–H groups in total. The van der Waals surface area contributed by atoms with Gasteiger partial charge < -0.3 is 4.98 Å². The molecule has 1 heterocycles. The first-order valence-electron chi connectivity index (χ1n) is 5.09. The number of nitrogens with zero attached hydrogens (tertiary/aromatic N) is 1. The molecule has 0 amide bonds. The van der Waals surface area contributed by atoms with E-state index in [9.17, 15) is 0 Å². The molecule has 13 heavy (non-hydrogen) atoms. The lowest BCUT2D eigenvalue weighted by molar-refractivity contribution is 0.675. The molecule has 0 bridgehead atoms. The van der Waals surface area contributed by atoms with Gasteiger partial charge in [-0.25, -0.2) is 4.98 Å². The van der Waals surface area contributed by atoms with E-state index >= 15 is 0 Å². The molecule has 0 fully saturated rings. The SMILES string of the molecule is CCCCCC/C=C/c1ncc[nH]1. The Morgan fingerprint density at radius 2 is 2.31 bits per heavy atom. The number of allylic oxidation sites excluding steroid dienone is 1. The van der Waals surface area contributed by atoms with Gasteiger partial charge in [0, 0.05) is 12.4 Å². The average molecular weight is 178 g/mol. The van der Waals surface area contributed by atoms with Crippen molar-refractivity contribution in [1.82, 2.24) is 9.97 Å². The van der Waals surface area contributed by atoms with Gasteiger partial charge in [-0.3, -0.25) is 0 Å². The summed E-state index contributed by atoms with van der Waals surface area (Å²) in [6, 6.07) is 0. The summed E-state index contributed by atoms with van der Waals surface area (Å²) in [6.45, 7) is 2.23. The molecular formula is C11H18N2. The van der Waals surface area contributed by atoms with Gasteiger partial charge in [0.15, 0.2) is 0 Å². The van der Waals surface area contributed by atoms with Crippen LogP contribution in [0.15, 0.2) is 18.5 Å². The van der Waals surface area contributed by atoms with Crippen molar-refractivity contribution in [3.63, 3.8) is 0 Å². The third-order valence-corrected chi connectivity index (χ3v) is 2.02. The molecule has 1 rings (SSSR count). The zero-order chi connectivity index (χ0) is 9.36. The molecule has 0 aliphatic heterocycles. The Bertz CT molecular complexity index is 224. The van der Waals surface area contributed by atoms with Gasteiger partial charge in [-0.1, -0.05) is 32.3 Å². The van der Waals surface area contributed by atoms with E-state index in [0.717, 1.165) is 5.82 Å². The van der Waals surface area contributed by atoms with Crippen LogP contribution in [0.2, 0.25) is 0 Å². The lowest BCUT2D eigenvalue weighted by atomic mass is 10.1. The highest BCUT2D eigenvalue weighted by molar-refractivity contribution is 5.38. The molecule has 0 aliphatic rings. The van der Waals surface area contributed by atoms with E-state index in [1.165, 1.54) is 32.1 Å². The van der Waals surface area contributed by atoms with E-state index < -0.39 is 0 Å². The van der Waals surface area contributed by atoms with Gasteiger partial charge in [-0.05, 0) is 18.9 Å². The minimum atomic E-state index is 0.954. The highest BCUT2D eigenvalue weighted by Gasteiger charge is 1.86. The molecule has 0 atom stereocenters. The van der Waals surface area contributed by atoms with Gasteiger partial charge in [0.2, 0.25) is 0 Å². The zero-order valence-electron chi connectivity index (χ0n) is 8.29. The number of unbranched alkanes of at least 4 members (excludes halogenated alkanes) is 4. The molecule has 0 spiro atoms. The number of nitrogens with one attached hydrogen (secondary N) is 1. The summed E-state index contributed by atoms with van der Waals surface area (Å²) in [6.07, 6.45) is 14.3. The van der Waals surface area contributed by atoms with E-state index in [-0.39, 0.29) is 0 Å². The second-order valence-corrected chi connectivity index (χ2v) is 3.23. The number of aromatic nitrogens is 2. The normalized spacial score (nSPS) is 11.2. The van der Waals surface area contributed by atoms with Crippen LogP contribution in [0.5, 0.6) is 0 Å². The van der Waals surface area contributed by atoms with E-state index in [4.69, 9.17) is 0 Å². The standard InChI is InChI=1S/C11H18N2/c1-2-3-4-5-6-7-8-11-12-9-10-13-11/h7-10H,2-6H2,1H3,(H,12,13)/b8-7+. The van der Waals surface area contributed by atoms with Crippen molar-refractivity contribution >= 4 is 6.08 Å². The van der Waals surface area contributed by atoms with Crippen molar-refractivity contribution < 1.29 is 0 Å². The molecule has 0 unspecified atom stereocenters. The third-order valence-electron chi connectivity index (χ3n) is 2.02. The average Bonchev–Trinajstić information content (AvgIpc) is 2.63. The largest absolute Gasteiger partial charge is 0.345 e. The van der Waals surface area contributed by atoms with Gasteiger partial charge in [0.1, 0.15) is 5.82 Å². The molecule has 1 aromatic rings. The van der Waals surface area contributed by atoms with E-state index in [1.807, 2.05) is 12.3 Å². The van der Waals surface area contributed by atoms with Crippen LogP contribution in [0.1, 0.15) is 44.9 Å². The maximum Gasteiger partial charge on any atom is 0.129 e. The fraction of sp³-hybridized carbons (Fsp3) is 0.545. The van der Waals surface area contributed by atoms with Crippen molar-refractivity contribution in [2.75, 3.05) is 0 Å². The van der Waals surface area contributed by atoms with Crippen LogP contribution in [-0.4, -0.2) is 9.97 Å². The van der Waals surface area contributed by atoms with Crippen LogP contribution >= 0.6 is 0 Å². The van der Waals surface area contributed by atoms with Gasteiger partial charge in [0.05, 0.1) is 0 Å². The topological polar surface area (TPSA) is 28.7 Å².